The molecule has 1 aliphatic carbocycles. The Kier molecular flexibility index (Phi) is 7.27. The highest BCUT2D eigenvalue weighted by Crippen LogP contribution is 2.26. The van der Waals surface area contributed by atoms with Gasteiger partial charge in [0, 0.05) is 37.7 Å². The highest BCUT2D eigenvalue weighted by atomic mass is 16.5. The summed E-state index contributed by atoms with van der Waals surface area (Å²) in [5, 5.41) is 3.10. The summed E-state index contributed by atoms with van der Waals surface area (Å²) < 4.78 is 5.55. The van der Waals surface area contributed by atoms with Crippen molar-refractivity contribution in [1.82, 2.24) is 10.2 Å². The minimum atomic E-state index is -0.0713. The molecule has 2 fully saturated rings. The predicted octanol–water partition coefficient (Wildman–Crippen LogP) is 3.43. The number of nitrogens with zero attached hydrogens (tertiary/aromatic N) is 1. The zero-order valence-corrected chi connectivity index (χ0v) is 16.4. The van der Waals surface area contributed by atoms with Gasteiger partial charge >= 0.3 is 0 Å². The smallest absolute Gasteiger partial charge is 0.258 e. The number of Topliss-reactive ketones (excluding diaryl/α,β-unsaturated/α-hetero) is 1. The molecule has 0 bridgehead atoms. The summed E-state index contributed by atoms with van der Waals surface area (Å²) >= 11 is 0. The van der Waals surface area contributed by atoms with Gasteiger partial charge in [-0.25, -0.2) is 0 Å². The summed E-state index contributed by atoms with van der Waals surface area (Å²) in [5.41, 5.74) is 0.679. The van der Waals surface area contributed by atoms with Crippen molar-refractivity contribution in [3.63, 3.8) is 0 Å². The molecule has 27 heavy (non-hydrogen) atoms. The second-order valence-electron chi connectivity index (χ2n) is 7.88. The van der Waals surface area contributed by atoms with E-state index in [9.17, 15) is 9.59 Å². The molecule has 1 saturated heterocycles. The second kappa shape index (κ2) is 9.88. The van der Waals surface area contributed by atoms with E-state index < -0.39 is 0 Å². The first-order chi connectivity index (χ1) is 13.1. The molecule has 1 aromatic rings. The van der Waals surface area contributed by atoms with Gasteiger partial charge in [-0.1, -0.05) is 19.8 Å². The van der Waals surface area contributed by atoms with E-state index >= 15 is 0 Å². The molecule has 0 atom stereocenters. The van der Waals surface area contributed by atoms with E-state index in [2.05, 4.69) is 10.2 Å². The van der Waals surface area contributed by atoms with Crippen LogP contribution in [0.3, 0.4) is 0 Å². The van der Waals surface area contributed by atoms with Crippen LogP contribution in [-0.4, -0.2) is 48.9 Å². The lowest BCUT2D eigenvalue weighted by Crippen LogP contribution is -2.46. The van der Waals surface area contributed by atoms with Crippen LogP contribution < -0.4 is 10.1 Å². The molecule has 1 saturated carbocycles. The number of nitrogens with one attached hydrogen (secondary N) is 1. The van der Waals surface area contributed by atoms with Crippen LogP contribution in [0, 0.1) is 5.92 Å². The van der Waals surface area contributed by atoms with Gasteiger partial charge in [0.05, 0.1) is 0 Å². The maximum absolute atomic E-state index is 12.2. The number of piperidine rings is 1. The lowest BCUT2D eigenvalue weighted by Gasteiger charge is -2.33. The minimum Gasteiger partial charge on any atom is -0.484 e. The third-order valence-corrected chi connectivity index (χ3v) is 5.81. The van der Waals surface area contributed by atoms with Crippen LogP contribution in [0.4, 0.5) is 0 Å². The molecule has 2 aliphatic rings. The maximum Gasteiger partial charge on any atom is 0.258 e. The van der Waals surface area contributed by atoms with Crippen molar-refractivity contribution >= 4 is 11.7 Å². The number of amides is 1. The Morgan fingerprint density at radius 1 is 1.07 bits per heavy atom. The van der Waals surface area contributed by atoms with Crippen molar-refractivity contribution in [1.29, 1.82) is 0 Å². The van der Waals surface area contributed by atoms with Gasteiger partial charge < -0.3 is 15.0 Å². The Hall–Kier alpha value is -1.88. The van der Waals surface area contributed by atoms with E-state index in [1.807, 2.05) is 6.92 Å². The zero-order chi connectivity index (χ0) is 19.1. The van der Waals surface area contributed by atoms with Crippen LogP contribution in [0.2, 0.25) is 0 Å². The highest BCUT2D eigenvalue weighted by molar-refractivity contribution is 5.95. The average Bonchev–Trinajstić information content (AvgIpc) is 3.21. The molecule has 0 radical (unpaired) electrons. The number of hydrogen-bond donors (Lipinski definition) is 1. The molecule has 1 heterocycles. The third-order valence-electron chi connectivity index (χ3n) is 5.81. The Balaban J connectivity index is 1.34. The zero-order valence-electron chi connectivity index (χ0n) is 16.4. The predicted molar refractivity (Wildman–Crippen MR) is 106 cm³/mol. The molecule has 5 heteroatoms. The SMILES string of the molecule is CCC(=O)c1ccc(OCC(=O)NC2CCN(CC3CCCC3)CC2)cc1. The number of benzene rings is 1. The number of likely N-dealkylation sites (tertiary alicyclic amines) is 1. The van der Waals surface area contributed by atoms with Crippen LogP contribution in [0.5, 0.6) is 5.75 Å². The third kappa shape index (κ3) is 6.06. The molecule has 1 aromatic carbocycles. The first kappa shape index (κ1) is 19.9. The standard InChI is InChI=1S/C22H32N2O3/c1-2-21(25)18-7-9-20(10-8-18)27-16-22(26)23-19-11-13-24(14-12-19)15-17-5-3-4-6-17/h7-10,17,19H,2-6,11-16H2,1H3,(H,23,26). The van der Waals surface area contributed by atoms with Crippen molar-refractivity contribution in [2.24, 2.45) is 5.92 Å². The van der Waals surface area contributed by atoms with E-state index in [1.54, 1.807) is 24.3 Å². The van der Waals surface area contributed by atoms with Gasteiger partial charge in [-0.3, -0.25) is 9.59 Å². The fraction of sp³-hybridized carbons (Fsp3) is 0.636. The number of ketones is 1. The highest BCUT2D eigenvalue weighted by Gasteiger charge is 2.24. The summed E-state index contributed by atoms with van der Waals surface area (Å²) in [4.78, 5) is 26.3. The summed E-state index contributed by atoms with van der Waals surface area (Å²) in [5.74, 6) is 1.55. The van der Waals surface area contributed by atoms with Gasteiger partial charge in [0.25, 0.3) is 5.91 Å². The number of carbonyl (C=O) groups is 2. The van der Waals surface area contributed by atoms with Crippen LogP contribution >= 0.6 is 0 Å². The van der Waals surface area contributed by atoms with Gasteiger partial charge in [0.1, 0.15) is 5.75 Å². The van der Waals surface area contributed by atoms with Crippen LogP contribution in [-0.2, 0) is 4.79 Å². The van der Waals surface area contributed by atoms with E-state index in [0.717, 1.165) is 31.8 Å². The van der Waals surface area contributed by atoms with Crippen LogP contribution in [0.15, 0.2) is 24.3 Å². The Labute approximate surface area is 162 Å². The van der Waals surface area contributed by atoms with Gasteiger partial charge in [0.2, 0.25) is 0 Å². The van der Waals surface area contributed by atoms with Gasteiger partial charge in [-0.15, -0.1) is 0 Å². The lowest BCUT2D eigenvalue weighted by molar-refractivity contribution is -0.124. The first-order valence-corrected chi connectivity index (χ1v) is 10.4. The molecule has 0 spiro atoms. The Morgan fingerprint density at radius 2 is 1.74 bits per heavy atom. The van der Waals surface area contributed by atoms with Crippen molar-refractivity contribution in [2.75, 3.05) is 26.2 Å². The molecule has 1 amide bonds. The fourth-order valence-electron chi connectivity index (χ4n) is 4.18. The van der Waals surface area contributed by atoms with E-state index in [-0.39, 0.29) is 24.3 Å². The monoisotopic (exact) mass is 372 g/mol. The van der Waals surface area contributed by atoms with Crippen LogP contribution in [0.25, 0.3) is 0 Å². The van der Waals surface area contributed by atoms with Crippen molar-refractivity contribution in [3.05, 3.63) is 29.8 Å². The van der Waals surface area contributed by atoms with Crippen molar-refractivity contribution in [2.45, 2.75) is 57.9 Å². The van der Waals surface area contributed by atoms with Crippen LogP contribution in [0.1, 0.15) is 62.2 Å². The number of hydrogen-bond acceptors (Lipinski definition) is 4. The van der Waals surface area contributed by atoms with Gasteiger partial charge in [0.15, 0.2) is 12.4 Å². The summed E-state index contributed by atoms with van der Waals surface area (Å²) in [7, 11) is 0. The van der Waals surface area contributed by atoms with Gasteiger partial charge in [-0.2, -0.15) is 0 Å². The molecule has 0 unspecified atom stereocenters. The summed E-state index contributed by atoms with van der Waals surface area (Å²) in [6.45, 7) is 5.25. The Bertz CT molecular complexity index is 615. The van der Waals surface area contributed by atoms with Crippen molar-refractivity contribution in [3.8, 4) is 5.75 Å². The quantitative estimate of drug-likeness (QED) is 0.710. The maximum atomic E-state index is 12.2. The number of ether oxygens (including phenoxy) is 1. The van der Waals surface area contributed by atoms with Gasteiger partial charge in [-0.05, 0) is 55.9 Å². The summed E-state index contributed by atoms with van der Waals surface area (Å²) in [6, 6.07) is 7.25. The molecular weight excluding hydrogens is 340 g/mol. The average molecular weight is 373 g/mol. The number of rotatable bonds is 8. The van der Waals surface area contributed by atoms with Crippen molar-refractivity contribution < 1.29 is 14.3 Å². The fourth-order valence-corrected chi connectivity index (χ4v) is 4.18. The molecule has 3 rings (SSSR count). The molecule has 148 valence electrons. The summed E-state index contributed by atoms with van der Waals surface area (Å²) in [6.07, 6.45) is 8.10. The van der Waals surface area contributed by atoms with E-state index in [4.69, 9.17) is 4.74 Å². The first-order valence-electron chi connectivity index (χ1n) is 10.4. The molecular formula is C22H32N2O3. The molecule has 0 aromatic heterocycles. The normalized spacial score (nSPS) is 19.1. The lowest BCUT2D eigenvalue weighted by atomic mass is 10.0. The second-order valence-corrected chi connectivity index (χ2v) is 7.88. The Morgan fingerprint density at radius 3 is 2.37 bits per heavy atom. The molecule has 5 nitrogen and oxygen atoms in total. The molecule has 1 aliphatic heterocycles. The van der Waals surface area contributed by atoms with E-state index in [0.29, 0.717) is 17.7 Å². The van der Waals surface area contributed by atoms with E-state index in [1.165, 1.54) is 32.2 Å². The number of carbonyl (C=O) groups excluding carboxylic acids is 2. The topological polar surface area (TPSA) is 58.6 Å². The molecule has 1 N–H and O–H groups in total. The largest absolute Gasteiger partial charge is 0.484 e. The minimum absolute atomic E-state index is 0.0172.